The molecule has 0 bridgehead atoms. The Morgan fingerprint density at radius 1 is 1.29 bits per heavy atom. The lowest BCUT2D eigenvalue weighted by Crippen LogP contribution is -2.20. The number of aryl methyl sites for hydroxylation is 1. The highest BCUT2D eigenvalue weighted by Gasteiger charge is 2.16. The fourth-order valence-corrected chi connectivity index (χ4v) is 3.91. The average Bonchev–Trinajstić information content (AvgIpc) is 2.86. The zero-order chi connectivity index (χ0) is 24.6. The van der Waals surface area contributed by atoms with Crippen molar-refractivity contribution in [2.45, 2.75) is 64.7 Å². The van der Waals surface area contributed by atoms with Crippen molar-refractivity contribution in [1.29, 1.82) is 0 Å². The lowest BCUT2D eigenvalue weighted by molar-refractivity contribution is -0.137. The van der Waals surface area contributed by atoms with Crippen LogP contribution < -0.4 is 15.4 Å². The van der Waals surface area contributed by atoms with Crippen LogP contribution in [0.25, 0.3) is 0 Å². The number of hydrogen-bond donors (Lipinski definition) is 3. The summed E-state index contributed by atoms with van der Waals surface area (Å²) in [6.07, 6.45) is 12.0. The van der Waals surface area contributed by atoms with Crippen molar-refractivity contribution in [2.24, 2.45) is 0 Å². The third-order valence-corrected chi connectivity index (χ3v) is 5.75. The van der Waals surface area contributed by atoms with E-state index in [0.717, 1.165) is 68.8 Å². The number of rotatable bonds is 12. The van der Waals surface area contributed by atoms with Gasteiger partial charge in [0, 0.05) is 37.5 Å². The van der Waals surface area contributed by atoms with Crippen LogP contribution in [-0.4, -0.2) is 47.8 Å². The van der Waals surface area contributed by atoms with Crippen LogP contribution in [0.15, 0.2) is 42.6 Å². The molecule has 1 unspecified atom stereocenters. The number of fused-ring (bicyclic) bond motifs is 1. The maximum absolute atomic E-state index is 11.2. The van der Waals surface area contributed by atoms with Gasteiger partial charge >= 0.3 is 5.97 Å². The number of carbonyl (C=O) groups is 1. The smallest absolute Gasteiger partial charge is 0.303 e. The molecule has 34 heavy (non-hydrogen) atoms. The molecule has 1 aliphatic heterocycles. The van der Waals surface area contributed by atoms with Gasteiger partial charge in [0.25, 0.3) is 0 Å². The van der Waals surface area contributed by atoms with Crippen molar-refractivity contribution in [3.05, 3.63) is 59.4 Å². The summed E-state index contributed by atoms with van der Waals surface area (Å²) in [6, 6.07) is 7.99. The van der Waals surface area contributed by atoms with Gasteiger partial charge in [-0.25, -0.2) is 9.97 Å². The third-order valence-electron chi connectivity index (χ3n) is 5.75. The van der Waals surface area contributed by atoms with Crippen LogP contribution in [0.1, 0.15) is 68.7 Å². The van der Waals surface area contributed by atoms with Crippen molar-refractivity contribution in [3.63, 3.8) is 0 Å². The normalized spacial score (nSPS) is 13.4. The minimum atomic E-state index is -0.786. The standard InChI is InChI=1S/C22H30N4O3.C5H10/c1-29-20-9-7-18(15-25-20)17(14-21(27)28)5-2-11-23-13-10-19-8-6-16-4-3-12-24-22(16)26-19;1-3-5-4-2/h6-9,15,17,23H,2-5,10-14H2,1H3,(H,24,26)(H,27,28);3,5H,4H2,1-2H3/b;5-3+. The molecule has 0 fully saturated rings. The zero-order valence-corrected chi connectivity index (χ0v) is 20.8. The van der Waals surface area contributed by atoms with E-state index in [-0.39, 0.29) is 12.3 Å². The molecule has 3 heterocycles. The fourth-order valence-electron chi connectivity index (χ4n) is 3.91. The SMILES string of the molecule is C/C=C/CC.COc1ccc(C(CCCNCCc2ccc3c(n2)NCCC3)CC(=O)O)cn1. The van der Waals surface area contributed by atoms with E-state index in [9.17, 15) is 9.90 Å². The molecule has 3 rings (SSSR count). The largest absolute Gasteiger partial charge is 0.481 e. The highest BCUT2D eigenvalue weighted by Crippen LogP contribution is 2.25. The number of methoxy groups -OCH3 is 1. The number of allylic oxidation sites excluding steroid dienone is 2. The van der Waals surface area contributed by atoms with Crippen molar-refractivity contribution in [2.75, 3.05) is 32.1 Å². The molecule has 2 aromatic rings. The van der Waals surface area contributed by atoms with E-state index in [4.69, 9.17) is 9.72 Å². The van der Waals surface area contributed by atoms with Gasteiger partial charge in [-0.05, 0) is 68.7 Å². The number of nitrogens with one attached hydrogen (secondary N) is 2. The summed E-state index contributed by atoms with van der Waals surface area (Å²) in [6.45, 7) is 6.87. The molecule has 0 amide bonds. The Bertz CT molecular complexity index is 884. The van der Waals surface area contributed by atoms with Gasteiger partial charge in [0.1, 0.15) is 5.82 Å². The second kappa shape index (κ2) is 15.8. The van der Waals surface area contributed by atoms with Crippen molar-refractivity contribution >= 4 is 11.8 Å². The van der Waals surface area contributed by atoms with Crippen LogP contribution in [0, 0.1) is 0 Å². The molecule has 0 spiro atoms. The van der Waals surface area contributed by atoms with Crippen LogP contribution in [0.3, 0.4) is 0 Å². The monoisotopic (exact) mass is 468 g/mol. The van der Waals surface area contributed by atoms with Crippen LogP contribution in [0.2, 0.25) is 0 Å². The lowest BCUT2D eigenvalue weighted by atomic mass is 9.92. The number of carboxylic acid groups (broad SMARTS) is 1. The number of anilines is 1. The first-order valence-corrected chi connectivity index (χ1v) is 12.3. The second-order valence-corrected chi connectivity index (χ2v) is 8.39. The molecule has 186 valence electrons. The first kappa shape index (κ1) is 27.3. The Morgan fingerprint density at radius 3 is 2.79 bits per heavy atom. The lowest BCUT2D eigenvalue weighted by Gasteiger charge is -2.17. The predicted octanol–water partition coefficient (Wildman–Crippen LogP) is 4.99. The molecule has 2 aromatic heterocycles. The summed E-state index contributed by atoms with van der Waals surface area (Å²) in [4.78, 5) is 20.1. The Morgan fingerprint density at radius 2 is 2.15 bits per heavy atom. The highest BCUT2D eigenvalue weighted by atomic mass is 16.5. The van der Waals surface area contributed by atoms with Crippen LogP contribution in [0.4, 0.5) is 5.82 Å². The Balaban J connectivity index is 0.000000739. The molecule has 1 atom stereocenters. The van der Waals surface area contributed by atoms with Gasteiger partial charge in [-0.2, -0.15) is 0 Å². The number of aliphatic carboxylic acids is 1. The molecule has 7 heteroatoms. The van der Waals surface area contributed by atoms with Crippen LogP contribution in [-0.2, 0) is 17.6 Å². The van der Waals surface area contributed by atoms with Crippen LogP contribution in [0.5, 0.6) is 5.88 Å². The van der Waals surface area contributed by atoms with Gasteiger partial charge in [-0.15, -0.1) is 0 Å². The summed E-state index contributed by atoms with van der Waals surface area (Å²) < 4.78 is 5.08. The van der Waals surface area contributed by atoms with E-state index in [1.54, 1.807) is 19.4 Å². The van der Waals surface area contributed by atoms with Gasteiger partial charge in [-0.1, -0.05) is 31.2 Å². The molecule has 0 radical (unpaired) electrons. The third kappa shape index (κ3) is 9.91. The van der Waals surface area contributed by atoms with Gasteiger partial charge in [0.05, 0.1) is 13.5 Å². The fraction of sp³-hybridized carbons (Fsp3) is 0.519. The quantitative estimate of drug-likeness (QED) is 0.298. The number of pyridine rings is 2. The maximum Gasteiger partial charge on any atom is 0.303 e. The molecule has 0 saturated carbocycles. The summed E-state index contributed by atoms with van der Waals surface area (Å²) in [5, 5.41) is 16.0. The van der Waals surface area contributed by atoms with Crippen molar-refractivity contribution in [3.8, 4) is 5.88 Å². The Hall–Kier alpha value is -2.93. The van der Waals surface area contributed by atoms with Crippen molar-refractivity contribution < 1.29 is 14.6 Å². The average molecular weight is 469 g/mol. The van der Waals surface area contributed by atoms with Crippen molar-refractivity contribution in [1.82, 2.24) is 15.3 Å². The van der Waals surface area contributed by atoms with E-state index in [1.807, 2.05) is 13.0 Å². The van der Waals surface area contributed by atoms with E-state index in [1.165, 1.54) is 12.0 Å². The van der Waals surface area contributed by atoms with Gasteiger partial charge < -0.3 is 20.5 Å². The topological polar surface area (TPSA) is 96.4 Å². The van der Waals surface area contributed by atoms with Gasteiger partial charge in [0.2, 0.25) is 5.88 Å². The summed E-state index contributed by atoms with van der Waals surface area (Å²) >= 11 is 0. The van der Waals surface area contributed by atoms with E-state index >= 15 is 0 Å². The number of aromatic nitrogens is 2. The number of carboxylic acids is 1. The molecular weight excluding hydrogens is 428 g/mol. The zero-order valence-electron chi connectivity index (χ0n) is 20.8. The molecule has 0 aliphatic carbocycles. The minimum Gasteiger partial charge on any atom is -0.481 e. The summed E-state index contributed by atoms with van der Waals surface area (Å²) in [7, 11) is 1.57. The molecule has 3 N–H and O–H groups in total. The Kier molecular flexibility index (Phi) is 12.7. The first-order valence-electron chi connectivity index (χ1n) is 12.3. The maximum atomic E-state index is 11.2. The minimum absolute atomic E-state index is 0.0407. The van der Waals surface area contributed by atoms with E-state index in [0.29, 0.717) is 5.88 Å². The predicted molar refractivity (Wildman–Crippen MR) is 138 cm³/mol. The number of hydrogen-bond acceptors (Lipinski definition) is 6. The molecule has 0 aromatic carbocycles. The highest BCUT2D eigenvalue weighted by molar-refractivity contribution is 5.68. The summed E-state index contributed by atoms with van der Waals surface area (Å²) in [5.74, 6) is 0.751. The van der Waals surface area contributed by atoms with Gasteiger partial charge in [-0.3, -0.25) is 4.79 Å². The van der Waals surface area contributed by atoms with E-state index < -0.39 is 5.97 Å². The molecule has 1 aliphatic rings. The molecule has 0 saturated heterocycles. The van der Waals surface area contributed by atoms with Gasteiger partial charge in [0.15, 0.2) is 0 Å². The molecule has 7 nitrogen and oxygen atoms in total. The Labute approximate surface area is 204 Å². The van der Waals surface area contributed by atoms with Crippen LogP contribution >= 0.6 is 0 Å². The molecular formula is C27H40N4O3. The van der Waals surface area contributed by atoms with E-state index in [2.05, 4.69) is 46.8 Å². The second-order valence-electron chi connectivity index (χ2n) is 8.39. The first-order chi connectivity index (χ1) is 16.6. The number of ether oxygens (including phenoxy) is 1. The summed E-state index contributed by atoms with van der Waals surface area (Å²) in [5.41, 5.74) is 3.35. The number of nitrogens with zero attached hydrogens (tertiary/aromatic N) is 2.